The van der Waals surface area contributed by atoms with Crippen molar-refractivity contribution >= 4 is 17.3 Å². The first-order chi connectivity index (χ1) is 14.0. The minimum atomic E-state index is -0.272. The number of carbonyl (C=O) groups is 1. The lowest BCUT2D eigenvalue weighted by molar-refractivity contribution is -0.119. The molecule has 4 rings (SSSR count). The normalized spacial score (nSPS) is 18.3. The van der Waals surface area contributed by atoms with E-state index in [4.69, 9.17) is 4.74 Å². The Morgan fingerprint density at radius 2 is 2.00 bits per heavy atom. The van der Waals surface area contributed by atoms with Crippen LogP contribution in [0.2, 0.25) is 0 Å². The van der Waals surface area contributed by atoms with E-state index in [2.05, 4.69) is 10.0 Å². The highest BCUT2D eigenvalue weighted by Gasteiger charge is 2.34. The van der Waals surface area contributed by atoms with E-state index >= 15 is 0 Å². The highest BCUT2D eigenvalue weighted by Crippen LogP contribution is 2.34. The molecule has 152 valence electrons. The van der Waals surface area contributed by atoms with E-state index < -0.39 is 0 Å². The van der Waals surface area contributed by atoms with E-state index in [0.29, 0.717) is 18.7 Å². The van der Waals surface area contributed by atoms with Crippen LogP contribution in [-0.4, -0.2) is 43.8 Å². The van der Waals surface area contributed by atoms with Gasteiger partial charge in [-0.3, -0.25) is 4.79 Å². The van der Waals surface area contributed by atoms with Crippen molar-refractivity contribution in [2.45, 2.75) is 25.7 Å². The van der Waals surface area contributed by atoms with E-state index in [-0.39, 0.29) is 17.6 Å². The van der Waals surface area contributed by atoms with Gasteiger partial charge < -0.3 is 9.64 Å². The summed E-state index contributed by atoms with van der Waals surface area (Å²) in [5, 5.41) is 6.10. The minimum absolute atomic E-state index is 0.0294. The fourth-order valence-electron chi connectivity index (χ4n) is 3.94. The van der Waals surface area contributed by atoms with Gasteiger partial charge in [-0.25, -0.2) is 9.40 Å². The number of benzene rings is 2. The molecule has 0 fully saturated rings. The third-order valence-corrected chi connectivity index (χ3v) is 5.46. The van der Waals surface area contributed by atoms with Gasteiger partial charge in [-0.1, -0.05) is 6.07 Å². The van der Waals surface area contributed by atoms with Crippen molar-refractivity contribution in [1.82, 2.24) is 4.90 Å². The van der Waals surface area contributed by atoms with Crippen LogP contribution in [0.4, 0.5) is 10.1 Å². The Labute approximate surface area is 170 Å². The molecule has 0 N–H and O–H groups in total. The first-order valence-electron chi connectivity index (χ1n) is 10.1. The van der Waals surface area contributed by atoms with Gasteiger partial charge in [0.15, 0.2) is 0 Å². The predicted molar refractivity (Wildman–Crippen MR) is 112 cm³/mol. The fourth-order valence-corrected chi connectivity index (χ4v) is 3.94. The Bertz CT molecular complexity index is 924. The lowest BCUT2D eigenvalue weighted by Gasteiger charge is -2.33. The molecule has 0 spiro atoms. The fraction of sp³-hybridized carbons (Fsp3) is 0.391. The Morgan fingerprint density at radius 3 is 2.76 bits per heavy atom. The highest BCUT2D eigenvalue weighted by molar-refractivity contribution is 6.11. The zero-order valence-corrected chi connectivity index (χ0v) is 16.9. The lowest BCUT2D eigenvalue weighted by Crippen LogP contribution is -2.39. The quantitative estimate of drug-likeness (QED) is 0.698. The summed E-state index contributed by atoms with van der Waals surface area (Å²) in [6, 6.07) is 12.3. The van der Waals surface area contributed by atoms with Gasteiger partial charge in [-0.2, -0.15) is 5.10 Å². The molecule has 0 radical (unpaired) electrons. The van der Waals surface area contributed by atoms with Crippen LogP contribution < -0.4 is 9.75 Å². The van der Waals surface area contributed by atoms with Crippen LogP contribution in [-0.2, 0) is 11.2 Å². The average molecular weight is 395 g/mol. The minimum Gasteiger partial charge on any atom is -0.494 e. The zero-order valence-electron chi connectivity index (χ0n) is 16.9. The summed E-state index contributed by atoms with van der Waals surface area (Å²) < 4.78 is 19.6. The van der Waals surface area contributed by atoms with Crippen LogP contribution >= 0.6 is 0 Å². The molecule has 29 heavy (non-hydrogen) atoms. The third-order valence-electron chi connectivity index (χ3n) is 5.46. The number of anilines is 1. The summed E-state index contributed by atoms with van der Waals surface area (Å²) in [4.78, 5) is 14.8. The van der Waals surface area contributed by atoms with Gasteiger partial charge in [0.1, 0.15) is 11.6 Å². The topological polar surface area (TPSA) is 45.1 Å². The summed E-state index contributed by atoms with van der Waals surface area (Å²) >= 11 is 0. The van der Waals surface area contributed by atoms with Crippen molar-refractivity contribution in [2.75, 3.05) is 32.3 Å². The second kappa shape index (κ2) is 8.33. The second-order valence-electron chi connectivity index (χ2n) is 7.93. The Morgan fingerprint density at radius 1 is 1.21 bits per heavy atom. The Balaban J connectivity index is 1.53. The number of amides is 1. The second-order valence-corrected chi connectivity index (χ2v) is 7.93. The van der Waals surface area contributed by atoms with Crippen molar-refractivity contribution in [3.05, 3.63) is 59.4 Å². The number of aryl methyl sites for hydroxylation is 1. The smallest absolute Gasteiger partial charge is 0.248 e. The molecule has 2 aromatic rings. The van der Waals surface area contributed by atoms with Crippen molar-refractivity contribution in [2.24, 2.45) is 11.0 Å². The average Bonchev–Trinajstić information content (AvgIpc) is 2.71. The van der Waals surface area contributed by atoms with Crippen molar-refractivity contribution in [3.63, 3.8) is 0 Å². The zero-order chi connectivity index (χ0) is 20.4. The molecule has 2 aliphatic rings. The monoisotopic (exact) mass is 395 g/mol. The molecule has 5 nitrogen and oxygen atoms in total. The molecule has 1 aliphatic carbocycles. The van der Waals surface area contributed by atoms with Crippen LogP contribution in [0.25, 0.3) is 0 Å². The van der Waals surface area contributed by atoms with Gasteiger partial charge >= 0.3 is 0 Å². The van der Waals surface area contributed by atoms with E-state index in [1.165, 1.54) is 11.1 Å². The summed E-state index contributed by atoms with van der Waals surface area (Å²) in [5.41, 5.74) is 3.44. The largest absolute Gasteiger partial charge is 0.494 e. The first kappa shape index (κ1) is 19.6. The van der Waals surface area contributed by atoms with E-state index in [9.17, 15) is 9.18 Å². The molecule has 0 saturated heterocycles. The summed E-state index contributed by atoms with van der Waals surface area (Å²) in [6.07, 6.45) is 3.07. The van der Waals surface area contributed by atoms with Gasteiger partial charge in [0.2, 0.25) is 5.91 Å². The third kappa shape index (κ3) is 4.32. The van der Waals surface area contributed by atoms with Gasteiger partial charge in [0.25, 0.3) is 0 Å². The van der Waals surface area contributed by atoms with Crippen molar-refractivity contribution in [3.8, 4) is 5.75 Å². The molecule has 6 heteroatoms. The summed E-state index contributed by atoms with van der Waals surface area (Å²) in [5.74, 6) is 0.532. The van der Waals surface area contributed by atoms with Gasteiger partial charge in [0, 0.05) is 24.4 Å². The Hall–Kier alpha value is -2.73. The number of hydrogen-bond acceptors (Lipinski definition) is 4. The van der Waals surface area contributed by atoms with E-state index in [0.717, 1.165) is 48.4 Å². The van der Waals surface area contributed by atoms with Crippen LogP contribution in [0.3, 0.4) is 0 Å². The molecular formula is C23H26FN3O2. The highest BCUT2D eigenvalue weighted by atomic mass is 19.1. The van der Waals surface area contributed by atoms with Crippen LogP contribution in [0.5, 0.6) is 5.75 Å². The molecule has 0 saturated carbocycles. The number of rotatable bonds is 6. The van der Waals surface area contributed by atoms with Crippen LogP contribution in [0.15, 0.2) is 47.6 Å². The maximum Gasteiger partial charge on any atom is 0.248 e. The standard InChI is InChI=1S/C23H26FN3O2/c1-26(2)12-3-13-29-20-10-8-19(9-11-20)27-22(28)14-17-5-4-16-6-7-18(24)15-21(16)23(17)25-27/h6-11,15,17H,3-5,12-14H2,1-2H3. The molecule has 0 bridgehead atoms. The number of nitrogens with zero attached hydrogens (tertiary/aromatic N) is 3. The van der Waals surface area contributed by atoms with Crippen molar-refractivity contribution in [1.29, 1.82) is 0 Å². The summed E-state index contributed by atoms with van der Waals surface area (Å²) in [7, 11) is 4.07. The van der Waals surface area contributed by atoms with Crippen LogP contribution in [0.1, 0.15) is 30.4 Å². The number of hydrazone groups is 1. The molecule has 1 unspecified atom stereocenters. The van der Waals surface area contributed by atoms with Gasteiger partial charge in [-0.15, -0.1) is 0 Å². The molecular weight excluding hydrogens is 369 g/mol. The maximum absolute atomic E-state index is 13.8. The van der Waals surface area contributed by atoms with Gasteiger partial charge in [0.05, 0.1) is 18.0 Å². The molecule has 1 amide bonds. The molecule has 1 atom stereocenters. The number of fused-ring (bicyclic) bond motifs is 3. The first-order valence-corrected chi connectivity index (χ1v) is 10.1. The van der Waals surface area contributed by atoms with Crippen molar-refractivity contribution < 1.29 is 13.9 Å². The SMILES string of the molecule is CN(C)CCCOc1ccc(N2N=C3c4cc(F)ccc4CCC3CC2=O)cc1. The van der Waals surface area contributed by atoms with E-state index in [1.54, 1.807) is 6.07 Å². The molecule has 0 aromatic heterocycles. The number of carbonyl (C=O) groups excluding carboxylic acids is 1. The number of ether oxygens (including phenoxy) is 1. The predicted octanol–water partition coefficient (Wildman–Crippen LogP) is 3.86. The lowest BCUT2D eigenvalue weighted by atomic mass is 9.79. The number of hydrogen-bond donors (Lipinski definition) is 0. The van der Waals surface area contributed by atoms with Crippen LogP contribution in [0, 0.1) is 11.7 Å². The maximum atomic E-state index is 13.8. The number of halogens is 1. The molecule has 1 aliphatic heterocycles. The van der Waals surface area contributed by atoms with Gasteiger partial charge in [-0.05, 0) is 75.3 Å². The van der Waals surface area contributed by atoms with E-state index in [1.807, 2.05) is 44.4 Å². The Kier molecular flexibility index (Phi) is 5.62. The molecule has 2 aromatic carbocycles. The molecule has 1 heterocycles. The summed E-state index contributed by atoms with van der Waals surface area (Å²) in [6.45, 7) is 1.62.